The van der Waals surface area contributed by atoms with Crippen LogP contribution in [0.2, 0.25) is 0 Å². The van der Waals surface area contributed by atoms with Gasteiger partial charge in [-0.05, 0) is 32.1 Å². The van der Waals surface area contributed by atoms with Gasteiger partial charge in [-0.25, -0.2) is 4.98 Å². The monoisotopic (exact) mass is 222 g/mol. The number of rotatable bonds is 2. The fourth-order valence-corrected chi connectivity index (χ4v) is 2.22. The fraction of sp³-hybridized carbons (Fsp3) is 0.667. The maximum atomic E-state index is 11.3. The van der Waals surface area contributed by atoms with Crippen LogP contribution in [0.5, 0.6) is 5.88 Å². The zero-order valence-electron chi connectivity index (χ0n) is 9.82. The van der Waals surface area contributed by atoms with E-state index in [1.165, 1.54) is 25.3 Å². The van der Waals surface area contributed by atoms with Gasteiger partial charge in [0.05, 0.1) is 6.07 Å². The van der Waals surface area contributed by atoms with Crippen molar-refractivity contribution < 1.29 is 4.74 Å². The Morgan fingerprint density at radius 1 is 1.44 bits per heavy atom. The molecule has 0 radical (unpaired) electrons. The third-order valence-corrected chi connectivity index (χ3v) is 3.14. The molecule has 2 atom stereocenters. The van der Waals surface area contributed by atoms with Crippen molar-refractivity contribution in [2.75, 3.05) is 0 Å². The van der Waals surface area contributed by atoms with Crippen molar-refractivity contribution in [3.8, 4) is 5.88 Å². The Morgan fingerprint density at radius 2 is 2.19 bits per heavy atom. The van der Waals surface area contributed by atoms with Crippen LogP contribution < -0.4 is 10.3 Å². The molecule has 1 aliphatic rings. The second kappa shape index (κ2) is 4.68. The maximum Gasteiger partial charge on any atom is 0.254 e. The van der Waals surface area contributed by atoms with Crippen molar-refractivity contribution in [2.45, 2.75) is 45.6 Å². The normalized spacial score (nSPS) is 25.4. The third kappa shape index (κ3) is 2.62. The van der Waals surface area contributed by atoms with Crippen LogP contribution in [0, 0.1) is 12.8 Å². The van der Waals surface area contributed by atoms with E-state index < -0.39 is 0 Å². The minimum absolute atomic E-state index is 0.147. The Bertz CT molecular complexity index is 414. The summed E-state index contributed by atoms with van der Waals surface area (Å²) in [5, 5.41) is 0. The first-order chi connectivity index (χ1) is 7.65. The molecule has 1 fully saturated rings. The van der Waals surface area contributed by atoms with E-state index in [0.29, 0.717) is 17.6 Å². The van der Waals surface area contributed by atoms with Crippen LogP contribution in [-0.2, 0) is 0 Å². The first-order valence-corrected chi connectivity index (χ1v) is 5.90. The minimum Gasteiger partial charge on any atom is -0.474 e. The summed E-state index contributed by atoms with van der Waals surface area (Å²) in [6, 6.07) is 1.42. The number of H-pyrrole nitrogens is 1. The third-order valence-electron chi connectivity index (χ3n) is 3.14. The van der Waals surface area contributed by atoms with E-state index >= 15 is 0 Å². The summed E-state index contributed by atoms with van der Waals surface area (Å²) in [4.78, 5) is 18.1. The summed E-state index contributed by atoms with van der Waals surface area (Å²) in [5.74, 6) is 1.61. The average Bonchev–Trinajstić information content (AvgIpc) is 2.20. The van der Waals surface area contributed by atoms with E-state index in [9.17, 15) is 4.79 Å². The number of nitrogens with one attached hydrogen (secondary N) is 1. The van der Waals surface area contributed by atoms with Gasteiger partial charge in [0.15, 0.2) is 0 Å². The Hall–Kier alpha value is -1.32. The van der Waals surface area contributed by atoms with Crippen LogP contribution in [0.3, 0.4) is 0 Å². The molecule has 2 unspecified atom stereocenters. The molecule has 88 valence electrons. The van der Waals surface area contributed by atoms with Crippen molar-refractivity contribution in [1.82, 2.24) is 9.97 Å². The van der Waals surface area contributed by atoms with E-state index in [2.05, 4.69) is 16.9 Å². The Kier molecular flexibility index (Phi) is 3.27. The van der Waals surface area contributed by atoms with Crippen molar-refractivity contribution in [3.05, 3.63) is 22.2 Å². The van der Waals surface area contributed by atoms with Crippen molar-refractivity contribution >= 4 is 0 Å². The molecular formula is C12H18N2O2. The molecule has 0 amide bonds. The average molecular weight is 222 g/mol. The number of aromatic amines is 1. The molecule has 0 spiro atoms. The molecule has 0 saturated heterocycles. The molecule has 1 heterocycles. The number of ether oxygens (including phenoxy) is 1. The standard InChI is InChI=1S/C12H18N2O2/c1-8-5-3-4-6-10(8)16-12-7-11(15)13-9(2)14-12/h7-8,10H,3-6H2,1-2H3,(H,13,14,15). The van der Waals surface area contributed by atoms with Crippen molar-refractivity contribution in [3.63, 3.8) is 0 Å². The van der Waals surface area contributed by atoms with Gasteiger partial charge in [-0.15, -0.1) is 0 Å². The lowest BCUT2D eigenvalue weighted by Gasteiger charge is -2.28. The molecule has 1 aromatic rings. The predicted octanol–water partition coefficient (Wildman–Crippen LogP) is 2.04. The van der Waals surface area contributed by atoms with Crippen molar-refractivity contribution in [2.24, 2.45) is 5.92 Å². The predicted molar refractivity (Wildman–Crippen MR) is 61.6 cm³/mol. The van der Waals surface area contributed by atoms with Gasteiger partial charge in [-0.1, -0.05) is 13.3 Å². The number of aryl methyl sites for hydroxylation is 1. The Labute approximate surface area is 95.1 Å². The summed E-state index contributed by atoms with van der Waals surface area (Å²) < 4.78 is 5.80. The Balaban J connectivity index is 2.10. The molecule has 1 aromatic heterocycles. The van der Waals surface area contributed by atoms with Crippen LogP contribution >= 0.6 is 0 Å². The molecule has 0 bridgehead atoms. The van der Waals surface area contributed by atoms with Crippen LogP contribution in [-0.4, -0.2) is 16.1 Å². The van der Waals surface area contributed by atoms with Crippen LogP contribution in [0.4, 0.5) is 0 Å². The van der Waals surface area contributed by atoms with Crippen LogP contribution in [0.1, 0.15) is 38.4 Å². The summed E-state index contributed by atoms with van der Waals surface area (Å²) in [6.45, 7) is 3.96. The van der Waals surface area contributed by atoms with Gasteiger partial charge < -0.3 is 9.72 Å². The molecule has 1 aliphatic carbocycles. The van der Waals surface area contributed by atoms with Gasteiger partial charge in [-0.2, -0.15) is 0 Å². The van der Waals surface area contributed by atoms with Crippen LogP contribution in [0.25, 0.3) is 0 Å². The van der Waals surface area contributed by atoms with E-state index in [4.69, 9.17) is 4.74 Å². The van der Waals surface area contributed by atoms with Gasteiger partial charge >= 0.3 is 0 Å². The lowest BCUT2D eigenvalue weighted by atomic mass is 9.88. The van der Waals surface area contributed by atoms with Gasteiger partial charge in [0.2, 0.25) is 5.88 Å². The van der Waals surface area contributed by atoms with Gasteiger partial charge in [0.1, 0.15) is 11.9 Å². The molecule has 0 aromatic carbocycles. The lowest BCUT2D eigenvalue weighted by molar-refractivity contribution is 0.0971. The smallest absolute Gasteiger partial charge is 0.254 e. The molecular weight excluding hydrogens is 204 g/mol. The summed E-state index contributed by atoms with van der Waals surface area (Å²) in [7, 11) is 0. The second-order valence-electron chi connectivity index (χ2n) is 4.59. The molecule has 4 nitrogen and oxygen atoms in total. The first kappa shape index (κ1) is 11.2. The van der Waals surface area contributed by atoms with Gasteiger partial charge in [0.25, 0.3) is 5.56 Å². The summed E-state index contributed by atoms with van der Waals surface area (Å²) in [5.41, 5.74) is -0.147. The topological polar surface area (TPSA) is 55.0 Å². The van der Waals surface area contributed by atoms with E-state index in [1.54, 1.807) is 6.92 Å². The minimum atomic E-state index is -0.147. The highest BCUT2D eigenvalue weighted by Gasteiger charge is 2.23. The molecule has 4 heteroatoms. The van der Waals surface area contributed by atoms with Crippen molar-refractivity contribution in [1.29, 1.82) is 0 Å². The maximum absolute atomic E-state index is 11.3. The van der Waals surface area contributed by atoms with Crippen LogP contribution in [0.15, 0.2) is 10.9 Å². The SMILES string of the molecule is Cc1nc(OC2CCCCC2C)cc(=O)[nH]1. The fourth-order valence-electron chi connectivity index (χ4n) is 2.22. The second-order valence-corrected chi connectivity index (χ2v) is 4.59. The summed E-state index contributed by atoms with van der Waals surface area (Å²) >= 11 is 0. The lowest BCUT2D eigenvalue weighted by Crippen LogP contribution is -2.29. The summed E-state index contributed by atoms with van der Waals surface area (Å²) in [6.07, 6.45) is 4.96. The highest BCUT2D eigenvalue weighted by Crippen LogP contribution is 2.26. The molecule has 16 heavy (non-hydrogen) atoms. The van der Waals surface area contributed by atoms with E-state index in [-0.39, 0.29) is 11.7 Å². The molecule has 2 rings (SSSR count). The number of hydrogen-bond donors (Lipinski definition) is 1. The molecule has 1 saturated carbocycles. The first-order valence-electron chi connectivity index (χ1n) is 5.90. The quantitative estimate of drug-likeness (QED) is 0.833. The number of hydrogen-bond acceptors (Lipinski definition) is 3. The zero-order chi connectivity index (χ0) is 11.5. The van der Waals surface area contributed by atoms with Gasteiger partial charge in [0, 0.05) is 0 Å². The number of nitrogens with zero attached hydrogens (tertiary/aromatic N) is 1. The Morgan fingerprint density at radius 3 is 2.88 bits per heavy atom. The highest BCUT2D eigenvalue weighted by molar-refractivity contribution is 5.09. The molecule has 1 N–H and O–H groups in total. The highest BCUT2D eigenvalue weighted by atomic mass is 16.5. The van der Waals surface area contributed by atoms with E-state index in [1.807, 2.05) is 0 Å². The largest absolute Gasteiger partial charge is 0.474 e. The van der Waals surface area contributed by atoms with Gasteiger partial charge in [-0.3, -0.25) is 4.79 Å². The molecule has 0 aliphatic heterocycles. The van der Waals surface area contributed by atoms with E-state index in [0.717, 1.165) is 6.42 Å². The zero-order valence-corrected chi connectivity index (χ0v) is 9.82. The number of aromatic nitrogens is 2.